The molecule has 3 rings (SSSR count). The quantitative estimate of drug-likeness (QED) is 0.658. The highest BCUT2D eigenvalue weighted by molar-refractivity contribution is 6.32. The minimum Gasteiger partial charge on any atom is -0.319 e. The molecule has 1 aliphatic rings. The van der Waals surface area contributed by atoms with Crippen molar-refractivity contribution in [3.05, 3.63) is 70.0 Å². The normalized spacial score (nSPS) is 19.6. The average molecular weight is 375 g/mol. The Morgan fingerprint density at radius 3 is 2.58 bits per heavy atom. The molecule has 1 N–H and O–H groups in total. The molecule has 0 bridgehead atoms. The lowest BCUT2D eigenvalue weighted by Crippen LogP contribution is -2.41. The van der Waals surface area contributed by atoms with Gasteiger partial charge in [-0.1, -0.05) is 41.9 Å². The van der Waals surface area contributed by atoms with Crippen molar-refractivity contribution in [3.63, 3.8) is 0 Å². The highest BCUT2D eigenvalue weighted by Gasteiger charge is 2.50. The minimum absolute atomic E-state index is 0.0215. The number of halogens is 2. The van der Waals surface area contributed by atoms with Gasteiger partial charge in [-0.3, -0.25) is 14.5 Å². The lowest BCUT2D eigenvalue weighted by atomic mass is 9.92. The number of urea groups is 1. The molecule has 2 aromatic rings. The molecule has 5 nitrogen and oxygen atoms in total. The van der Waals surface area contributed by atoms with Crippen molar-refractivity contribution in [1.29, 1.82) is 0 Å². The third-order valence-corrected chi connectivity index (χ3v) is 4.80. The smallest absolute Gasteiger partial charge is 0.319 e. The van der Waals surface area contributed by atoms with Crippen LogP contribution in [0.3, 0.4) is 0 Å². The van der Waals surface area contributed by atoms with E-state index in [0.717, 1.165) is 22.6 Å². The van der Waals surface area contributed by atoms with E-state index in [1.807, 2.05) is 0 Å². The van der Waals surface area contributed by atoms with Crippen LogP contribution in [0.4, 0.5) is 9.18 Å². The Morgan fingerprint density at radius 1 is 1.23 bits per heavy atom. The van der Waals surface area contributed by atoms with Gasteiger partial charge < -0.3 is 5.32 Å². The lowest BCUT2D eigenvalue weighted by Gasteiger charge is -2.23. The third-order valence-electron chi connectivity index (χ3n) is 4.49. The van der Waals surface area contributed by atoms with Gasteiger partial charge >= 0.3 is 6.03 Å². The van der Waals surface area contributed by atoms with Gasteiger partial charge in [0.1, 0.15) is 11.4 Å². The van der Waals surface area contributed by atoms with Gasteiger partial charge in [0.05, 0.1) is 6.54 Å². The maximum absolute atomic E-state index is 13.3. The van der Waals surface area contributed by atoms with E-state index < -0.39 is 23.3 Å². The molecule has 7 heteroatoms. The standard InChI is InChI=1S/C19H16ClFN2O3/c1-11-5-3-4-6-13(11)16(24)10-23-17(25)19(2,22-18(23)26)14-8-7-12(21)9-15(14)20/h3-9H,10H2,1-2H3,(H,22,26). The fourth-order valence-corrected chi connectivity index (χ4v) is 3.39. The molecule has 2 aromatic carbocycles. The summed E-state index contributed by atoms with van der Waals surface area (Å²) in [5.41, 5.74) is 0.00797. The molecule has 1 heterocycles. The number of carbonyl (C=O) groups excluding carboxylic acids is 3. The molecule has 1 saturated heterocycles. The number of carbonyl (C=O) groups is 3. The number of imide groups is 1. The van der Waals surface area contributed by atoms with Crippen molar-refractivity contribution in [2.75, 3.05) is 6.54 Å². The van der Waals surface area contributed by atoms with Gasteiger partial charge in [-0.2, -0.15) is 0 Å². The number of ketones is 1. The number of Topliss-reactive ketones (excluding diaryl/α,β-unsaturated/α-hetero) is 1. The molecule has 0 radical (unpaired) electrons. The van der Waals surface area contributed by atoms with E-state index in [-0.39, 0.29) is 22.9 Å². The second-order valence-electron chi connectivity index (χ2n) is 6.31. The van der Waals surface area contributed by atoms with E-state index in [4.69, 9.17) is 11.6 Å². The Balaban J connectivity index is 1.89. The van der Waals surface area contributed by atoms with Crippen molar-refractivity contribution in [2.45, 2.75) is 19.4 Å². The maximum Gasteiger partial charge on any atom is 0.325 e. The molecule has 0 aliphatic carbocycles. The SMILES string of the molecule is Cc1ccccc1C(=O)CN1C(=O)NC(C)(c2ccc(F)cc2Cl)C1=O. The van der Waals surface area contributed by atoms with Gasteiger partial charge in [0, 0.05) is 16.1 Å². The molecule has 0 spiro atoms. The van der Waals surface area contributed by atoms with Gasteiger partial charge in [0.15, 0.2) is 5.78 Å². The number of hydrogen-bond donors (Lipinski definition) is 1. The number of nitrogens with one attached hydrogen (secondary N) is 1. The van der Waals surface area contributed by atoms with Crippen LogP contribution < -0.4 is 5.32 Å². The van der Waals surface area contributed by atoms with Gasteiger partial charge in [-0.05, 0) is 31.5 Å². The molecule has 134 valence electrons. The predicted octanol–water partition coefficient (Wildman–Crippen LogP) is 3.44. The zero-order valence-electron chi connectivity index (χ0n) is 14.2. The highest BCUT2D eigenvalue weighted by atomic mass is 35.5. The molecule has 1 unspecified atom stereocenters. The van der Waals surface area contributed by atoms with Crippen molar-refractivity contribution in [2.24, 2.45) is 0 Å². The van der Waals surface area contributed by atoms with Crippen LogP contribution in [0.25, 0.3) is 0 Å². The van der Waals surface area contributed by atoms with Crippen LogP contribution in [0.5, 0.6) is 0 Å². The summed E-state index contributed by atoms with van der Waals surface area (Å²) in [4.78, 5) is 38.6. The Bertz CT molecular complexity index is 931. The van der Waals surface area contributed by atoms with Crippen LogP contribution >= 0.6 is 11.6 Å². The molecule has 0 aromatic heterocycles. The lowest BCUT2D eigenvalue weighted by molar-refractivity contribution is -0.130. The first-order chi connectivity index (χ1) is 12.2. The number of nitrogens with zero attached hydrogens (tertiary/aromatic N) is 1. The second kappa shape index (κ2) is 6.53. The molecule has 1 aliphatic heterocycles. The molecular formula is C19H16ClFN2O3. The fourth-order valence-electron chi connectivity index (χ4n) is 3.03. The van der Waals surface area contributed by atoms with Gasteiger partial charge in [0.25, 0.3) is 5.91 Å². The largest absolute Gasteiger partial charge is 0.325 e. The van der Waals surface area contributed by atoms with Gasteiger partial charge in [-0.15, -0.1) is 0 Å². The topological polar surface area (TPSA) is 66.5 Å². The molecular weight excluding hydrogens is 359 g/mol. The van der Waals surface area contributed by atoms with Crippen LogP contribution in [-0.2, 0) is 10.3 Å². The zero-order chi connectivity index (χ0) is 19.1. The van der Waals surface area contributed by atoms with Crippen LogP contribution in [0, 0.1) is 12.7 Å². The van der Waals surface area contributed by atoms with Crippen molar-refractivity contribution in [1.82, 2.24) is 10.2 Å². The number of rotatable bonds is 4. The van der Waals surface area contributed by atoms with Crippen molar-refractivity contribution >= 4 is 29.3 Å². The summed E-state index contributed by atoms with van der Waals surface area (Å²) in [5, 5.41) is 2.58. The molecule has 26 heavy (non-hydrogen) atoms. The first kappa shape index (κ1) is 18.1. The molecule has 0 saturated carbocycles. The Morgan fingerprint density at radius 2 is 1.92 bits per heavy atom. The van der Waals surface area contributed by atoms with E-state index in [9.17, 15) is 18.8 Å². The van der Waals surface area contributed by atoms with Crippen molar-refractivity contribution in [3.8, 4) is 0 Å². The van der Waals surface area contributed by atoms with E-state index in [2.05, 4.69) is 5.32 Å². The number of hydrogen-bond acceptors (Lipinski definition) is 3. The summed E-state index contributed by atoms with van der Waals surface area (Å²) in [6.07, 6.45) is 0. The predicted molar refractivity (Wildman–Crippen MR) is 94.5 cm³/mol. The Hall–Kier alpha value is -2.73. The van der Waals surface area contributed by atoms with E-state index in [1.165, 1.54) is 13.0 Å². The Labute approximate surface area is 154 Å². The fraction of sp³-hybridized carbons (Fsp3) is 0.211. The summed E-state index contributed by atoms with van der Waals surface area (Å²) >= 11 is 6.05. The van der Waals surface area contributed by atoms with Gasteiger partial charge in [0.2, 0.25) is 0 Å². The molecule has 1 fully saturated rings. The monoisotopic (exact) mass is 374 g/mol. The summed E-state index contributed by atoms with van der Waals surface area (Å²) in [7, 11) is 0. The highest BCUT2D eigenvalue weighted by Crippen LogP contribution is 2.34. The van der Waals surface area contributed by atoms with E-state index >= 15 is 0 Å². The van der Waals surface area contributed by atoms with E-state index in [0.29, 0.717) is 5.56 Å². The number of amides is 3. The third kappa shape index (κ3) is 2.97. The summed E-state index contributed by atoms with van der Waals surface area (Å²) in [6.45, 7) is 2.87. The summed E-state index contributed by atoms with van der Waals surface area (Å²) in [6, 6.07) is 9.83. The van der Waals surface area contributed by atoms with Crippen LogP contribution in [-0.4, -0.2) is 29.2 Å². The van der Waals surface area contributed by atoms with Crippen LogP contribution in [0.2, 0.25) is 5.02 Å². The zero-order valence-corrected chi connectivity index (χ0v) is 14.9. The maximum atomic E-state index is 13.3. The number of aryl methyl sites for hydroxylation is 1. The Kier molecular flexibility index (Phi) is 4.54. The van der Waals surface area contributed by atoms with Crippen molar-refractivity contribution < 1.29 is 18.8 Å². The first-order valence-corrected chi connectivity index (χ1v) is 8.30. The second-order valence-corrected chi connectivity index (χ2v) is 6.72. The average Bonchev–Trinajstić information content (AvgIpc) is 2.79. The van der Waals surface area contributed by atoms with Crippen LogP contribution in [0.1, 0.15) is 28.4 Å². The van der Waals surface area contributed by atoms with E-state index in [1.54, 1.807) is 31.2 Å². The summed E-state index contributed by atoms with van der Waals surface area (Å²) < 4.78 is 13.3. The van der Waals surface area contributed by atoms with Crippen LogP contribution in [0.15, 0.2) is 42.5 Å². The number of benzene rings is 2. The first-order valence-electron chi connectivity index (χ1n) is 7.92. The molecule has 1 atom stereocenters. The molecule has 3 amide bonds. The van der Waals surface area contributed by atoms with Gasteiger partial charge in [-0.25, -0.2) is 9.18 Å². The minimum atomic E-state index is -1.46. The summed E-state index contributed by atoms with van der Waals surface area (Å²) in [5.74, 6) is -1.51.